The first-order valence-corrected chi connectivity index (χ1v) is 13.5. The summed E-state index contributed by atoms with van der Waals surface area (Å²) in [5, 5.41) is 23.9. The Labute approximate surface area is 250 Å². The number of carbonyl (C=O) groups is 2. The molecule has 0 spiro atoms. The van der Waals surface area contributed by atoms with Crippen LogP contribution in [0.3, 0.4) is 0 Å². The molecule has 1 aromatic carbocycles. The lowest BCUT2D eigenvalue weighted by Gasteiger charge is -2.32. The van der Waals surface area contributed by atoms with E-state index in [1.807, 2.05) is 6.07 Å². The summed E-state index contributed by atoms with van der Waals surface area (Å²) in [4.78, 5) is 44.3. The van der Waals surface area contributed by atoms with Crippen LogP contribution in [0.25, 0.3) is 33.3 Å². The molecule has 0 bridgehead atoms. The van der Waals surface area contributed by atoms with Gasteiger partial charge in [-0.2, -0.15) is 15.5 Å². The Balaban J connectivity index is 1.80. The number of nitrogens with zero attached hydrogens (tertiary/aromatic N) is 6. The van der Waals surface area contributed by atoms with Crippen molar-refractivity contribution >= 4 is 34.3 Å². The molecule has 2 amide bonds. The number of halogens is 1. The average molecular weight is 604 g/mol. The van der Waals surface area contributed by atoms with E-state index in [0.717, 1.165) is 11.0 Å². The number of nitriles is 1. The number of pyridine rings is 1. The number of aromatic nitrogens is 5. The van der Waals surface area contributed by atoms with Crippen LogP contribution in [0.5, 0.6) is 5.75 Å². The molecule has 5 rings (SSSR count). The lowest BCUT2D eigenvalue weighted by atomic mass is 9.95. The Hall–Kier alpha value is -5.36. The van der Waals surface area contributed by atoms with Crippen molar-refractivity contribution in [2.45, 2.75) is 52.4 Å². The van der Waals surface area contributed by atoms with Crippen molar-refractivity contribution in [3.05, 3.63) is 45.8 Å². The summed E-state index contributed by atoms with van der Waals surface area (Å²) in [6.07, 6.45) is 0.630. The van der Waals surface area contributed by atoms with Crippen molar-refractivity contribution in [2.75, 3.05) is 17.3 Å². The summed E-state index contributed by atoms with van der Waals surface area (Å²) in [5.41, 5.74) is 3.70. The standard InChI is InChI=1S/C29H30FN9O5/c1-28(2,3)44-27(42)38(6)24-21-13(19(11-32)36-37-25(21)40)8-17(34-24)15-12-33-39(7)22(15)20-14(10-31)23-18(9-16(20)30)35-26(41)29(4,5)43-23/h8-9,12H,11,32H2,1-7H3,(H,35,41)(H,37,40). The summed E-state index contributed by atoms with van der Waals surface area (Å²) < 4.78 is 28.7. The molecule has 3 aromatic heterocycles. The molecule has 0 fully saturated rings. The predicted octanol–water partition coefficient (Wildman–Crippen LogP) is 3.34. The maximum Gasteiger partial charge on any atom is 0.415 e. The van der Waals surface area contributed by atoms with E-state index in [1.54, 1.807) is 27.8 Å². The number of amides is 2. The van der Waals surface area contributed by atoms with E-state index in [4.69, 9.17) is 15.2 Å². The zero-order valence-electron chi connectivity index (χ0n) is 25.1. The van der Waals surface area contributed by atoms with Gasteiger partial charge < -0.3 is 20.5 Å². The van der Waals surface area contributed by atoms with Gasteiger partial charge in [0.25, 0.3) is 11.5 Å². The van der Waals surface area contributed by atoms with Crippen LogP contribution in [-0.4, -0.2) is 55.2 Å². The van der Waals surface area contributed by atoms with Gasteiger partial charge in [-0.3, -0.25) is 19.2 Å². The summed E-state index contributed by atoms with van der Waals surface area (Å²) in [7, 11) is 2.95. The highest BCUT2D eigenvalue weighted by atomic mass is 19.1. The molecule has 1 aliphatic heterocycles. The number of ether oxygens (including phenoxy) is 2. The second-order valence-electron chi connectivity index (χ2n) is 11.7. The average Bonchev–Trinajstić information content (AvgIpc) is 3.32. The number of anilines is 2. The Morgan fingerprint density at radius 3 is 2.64 bits per heavy atom. The highest BCUT2D eigenvalue weighted by molar-refractivity contribution is 6.03. The molecule has 228 valence electrons. The largest absolute Gasteiger partial charge is 0.474 e. The fraction of sp³-hybridized carbons (Fsp3) is 0.345. The van der Waals surface area contributed by atoms with E-state index >= 15 is 4.39 Å². The first kappa shape index (κ1) is 30.1. The van der Waals surface area contributed by atoms with Crippen LogP contribution < -0.4 is 26.2 Å². The Kier molecular flexibility index (Phi) is 7.13. The molecule has 0 atom stereocenters. The normalized spacial score (nSPS) is 14.0. The minimum Gasteiger partial charge on any atom is -0.474 e. The molecule has 0 radical (unpaired) electrons. The molecule has 44 heavy (non-hydrogen) atoms. The smallest absolute Gasteiger partial charge is 0.415 e. The lowest BCUT2D eigenvalue weighted by Crippen LogP contribution is -2.46. The van der Waals surface area contributed by atoms with Crippen molar-refractivity contribution in [3.63, 3.8) is 0 Å². The highest BCUT2D eigenvalue weighted by Gasteiger charge is 2.39. The van der Waals surface area contributed by atoms with Crippen LogP contribution in [-0.2, 0) is 23.1 Å². The van der Waals surface area contributed by atoms with Crippen LogP contribution >= 0.6 is 0 Å². The van der Waals surface area contributed by atoms with Crippen LogP contribution in [0.4, 0.5) is 20.7 Å². The van der Waals surface area contributed by atoms with Crippen molar-refractivity contribution < 1.29 is 23.5 Å². The van der Waals surface area contributed by atoms with Gasteiger partial charge in [-0.15, -0.1) is 0 Å². The van der Waals surface area contributed by atoms with E-state index in [9.17, 15) is 19.6 Å². The van der Waals surface area contributed by atoms with Crippen LogP contribution in [0, 0.1) is 17.1 Å². The highest BCUT2D eigenvalue weighted by Crippen LogP contribution is 2.45. The molecule has 14 nitrogen and oxygen atoms in total. The first-order chi connectivity index (χ1) is 20.6. The van der Waals surface area contributed by atoms with Crippen molar-refractivity contribution in [1.82, 2.24) is 25.0 Å². The van der Waals surface area contributed by atoms with Gasteiger partial charge in [0.05, 0.1) is 39.9 Å². The Morgan fingerprint density at radius 2 is 2.00 bits per heavy atom. The molecule has 1 aliphatic rings. The zero-order chi connectivity index (χ0) is 32.3. The molecule has 0 saturated heterocycles. The van der Waals surface area contributed by atoms with E-state index in [2.05, 4.69) is 25.6 Å². The molecular formula is C29H30FN9O5. The van der Waals surface area contributed by atoms with E-state index < -0.39 is 34.6 Å². The summed E-state index contributed by atoms with van der Waals surface area (Å²) in [5.74, 6) is -1.40. The maximum absolute atomic E-state index is 15.9. The van der Waals surface area contributed by atoms with E-state index in [1.165, 1.54) is 37.8 Å². The number of aryl methyl sites for hydroxylation is 1. The van der Waals surface area contributed by atoms with Gasteiger partial charge in [-0.1, -0.05) is 0 Å². The van der Waals surface area contributed by atoms with Crippen LogP contribution in [0.15, 0.2) is 23.1 Å². The molecule has 4 aromatic rings. The number of nitrogens with two attached hydrogens (primary N) is 1. The summed E-state index contributed by atoms with van der Waals surface area (Å²) in [6.45, 7) is 8.07. The molecule has 15 heteroatoms. The summed E-state index contributed by atoms with van der Waals surface area (Å²) >= 11 is 0. The SMILES string of the molecule is CN(C(=O)OC(C)(C)C)c1nc(-c2cnn(C)c2-c2c(F)cc3c(c2C#N)OC(C)(C)C(=O)N3)cc2c(CN)n[nH]c(=O)c12. The second-order valence-corrected chi connectivity index (χ2v) is 11.7. The number of benzene rings is 1. The topological polar surface area (TPSA) is 194 Å². The van der Waals surface area contributed by atoms with Gasteiger partial charge in [-0.05, 0) is 40.7 Å². The van der Waals surface area contributed by atoms with E-state index in [0.29, 0.717) is 11.1 Å². The van der Waals surface area contributed by atoms with Crippen molar-refractivity contribution in [3.8, 4) is 34.3 Å². The molecule has 4 heterocycles. The number of nitrogens with one attached hydrogen (secondary N) is 2. The minimum absolute atomic E-state index is 0.00128. The van der Waals surface area contributed by atoms with Crippen LogP contribution in [0.1, 0.15) is 45.9 Å². The Bertz CT molecular complexity index is 1970. The fourth-order valence-corrected chi connectivity index (χ4v) is 4.84. The number of fused-ring (bicyclic) bond motifs is 2. The maximum atomic E-state index is 15.9. The fourth-order valence-electron chi connectivity index (χ4n) is 4.84. The number of carbonyl (C=O) groups excluding carboxylic acids is 2. The van der Waals surface area contributed by atoms with Gasteiger partial charge >= 0.3 is 6.09 Å². The minimum atomic E-state index is -1.33. The zero-order valence-corrected chi connectivity index (χ0v) is 25.1. The lowest BCUT2D eigenvalue weighted by molar-refractivity contribution is -0.129. The number of aromatic amines is 1. The molecule has 4 N–H and O–H groups in total. The van der Waals surface area contributed by atoms with Crippen molar-refractivity contribution in [2.24, 2.45) is 12.8 Å². The van der Waals surface area contributed by atoms with E-state index in [-0.39, 0.29) is 57.3 Å². The third-order valence-corrected chi connectivity index (χ3v) is 6.96. The Morgan fingerprint density at radius 1 is 1.30 bits per heavy atom. The second kappa shape index (κ2) is 10.4. The molecular weight excluding hydrogens is 573 g/mol. The quantitative estimate of drug-likeness (QED) is 0.311. The van der Waals surface area contributed by atoms with Crippen molar-refractivity contribution in [1.29, 1.82) is 5.26 Å². The molecule has 0 saturated carbocycles. The van der Waals surface area contributed by atoms with Gasteiger partial charge in [0, 0.05) is 37.7 Å². The first-order valence-electron chi connectivity index (χ1n) is 13.5. The number of hydrogen-bond donors (Lipinski definition) is 3. The third-order valence-electron chi connectivity index (χ3n) is 6.96. The van der Waals surface area contributed by atoms with Gasteiger partial charge in [0.15, 0.2) is 17.2 Å². The van der Waals surface area contributed by atoms with Gasteiger partial charge in [-0.25, -0.2) is 19.3 Å². The van der Waals surface area contributed by atoms with Gasteiger partial charge in [0.2, 0.25) is 0 Å². The molecule has 0 unspecified atom stereocenters. The number of hydrogen-bond acceptors (Lipinski definition) is 10. The number of H-pyrrole nitrogens is 1. The predicted molar refractivity (Wildman–Crippen MR) is 158 cm³/mol. The van der Waals surface area contributed by atoms with Crippen LogP contribution in [0.2, 0.25) is 0 Å². The monoisotopic (exact) mass is 603 g/mol. The third kappa shape index (κ3) is 4.98. The van der Waals surface area contributed by atoms with Gasteiger partial charge in [0.1, 0.15) is 23.1 Å². The molecule has 0 aliphatic carbocycles. The number of rotatable bonds is 4. The summed E-state index contributed by atoms with van der Waals surface area (Å²) in [6, 6.07) is 4.62.